The number of rotatable bonds is 2. The van der Waals surface area contributed by atoms with Crippen molar-refractivity contribution in [3.05, 3.63) is 18.0 Å². The van der Waals surface area contributed by atoms with Gasteiger partial charge >= 0.3 is 0 Å². The summed E-state index contributed by atoms with van der Waals surface area (Å²) in [6.45, 7) is 4.57. The fraction of sp³-hybridized carbons (Fsp3) is 0.429. The van der Waals surface area contributed by atoms with Gasteiger partial charge in [-0.25, -0.2) is 0 Å². The Morgan fingerprint density at radius 2 is 2.55 bits per heavy atom. The van der Waals surface area contributed by atoms with Crippen LogP contribution >= 0.6 is 0 Å². The molecular weight excluding hydrogens is 142 g/mol. The second-order valence-corrected chi connectivity index (χ2v) is 2.27. The number of aryl methyl sites for hydroxylation is 1. The lowest BCUT2D eigenvalue weighted by Gasteiger charge is -1.91. The molecule has 11 heavy (non-hydrogen) atoms. The Kier molecular flexibility index (Phi) is 2.25. The van der Waals surface area contributed by atoms with Crippen molar-refractivity contribution >= 4 is 5.71 Å². The maximum absolute atomic E-state index is 8.42. The van der Waals surface area contributed by atoms with E-state index in [0.717, 1.165) is 12.1 Å². The smallest absolute Gasteiger partial charge is 0.0868 e. The fourth-order valence-corrected chi connectivity index (χ4v) is 0.781. The number of hydrogen-bond donors (Lipinski definition) is 1. The first kappa shape index (κ1) is 7.78. The van der Waals surface area contributed by atoms with Crippen molar-refractivity contribution in [3.63, 3.8) is 0 Å². The molecule has 0 aliphatic heterocycles. The quantitative estimate of drug-likeness (QED) is 0.393. The first-order valence-corrected chi connectivity index (χ1v) is 3.49. The van der Waals surface area contributed by atoms with Gasteiger partial charge < -0.3 is 5.21 Å². The Labute approximate surface area is 65.1 Å². The molecule has 0 aliphatic rings. The van der Waals surface area contributed by atoms with Gasteiger partial charge in [0.05, 0.1) is 11.9 Å². The van der Waals surface area contributed by atoms with Gasteiger partial charge in [-0.3, -0.25) is 4.68 Å². The van der Waals surface area contributed by atoms with Crippen LogP contribution in [0.4, 0.5) is 0 Å². The van der Waals surface area contributed by atoms with Gasteiger partial charge in [0, 0.05) is 18.3 Å². The molecule has 4 heteroatoms. The Hall–Kier alpha value is -1.32. The molecule has 0 radical (unpaired) electrons. The lowest BCUT2D eigenvalue weighted by Crippen LogP contribution is -1.94. The molecule has 1 aromatic rings. The van der Waals surface area contributed by atoms with E-state index in [0.29, 0.717) is 5.71 Å². The van der Waals surface area contributed by atoms with Crippen LogP contribution in [0, 0.1) is 0 Å². The third kappa shape index (κ3) is 1.58. The van der Waals surface area contributed by atoms with Gasteiger partial charge in [-0.1, -0.05) is 5.16 Å². The van der Waals surface area contributed by atoms with Gasteiger partial charge in [0.2, 0.25) is 0 Å². The highest BCUT2D eigenvalue weighted by atomic mass is 16.4. The minimum absolute atomic E-state index is 0.588. The van der Waals surface area contributed by atoms with E-state index in [1.54, 1.807) is 17.8 Å². The molecule has 0 spiro atoms. The summed E-state index contributed by atoms with van der Waals surface area (Å²) < 4.78 is 1.78. The molecule has 0 amide bonds. The number of oxime groups is 1. The number of aromatic nitrogens is 2. The van der Waals surface area contributed by atoms with Gasteiger partial charge in [-0.05, 0) is 13.8 Å². The maximum Gasteiger partial charge on any atom is 0.0868 e. The van der Waals surface area contributed by atoms with Crippen molar-refractivity contribution in [2.24, 2.45) is 5.16 Å². The molecule has 0 bridgehead atoms. The Morgan fingerprint density at radius 1 is 1.82 bits per heavy atom. The normalized spacial score (nSPS) is 12.0. The topological polar surface area (TPSA) is 50.4 Å². The lowest BCUT2D eigenvalue weighted by atomic mass is 10.2. The minimum Gasteiger partial charge on any atom is -0.411 e. The van der Waals surface area contributed by atoms with Crippen LogP contribution in [0.2, 0.25) is 0 Å². The molecule has 0 unspecified atom stereocenters. The first-order valence-electron chi connectivity index (χ1n) is 3.49. The summed E-state index contributed by atoms with van der Waals surface area (Å²) in [5.74, 6) is 0. The summed E-state index contributed by atoms with van der Waals surface area (Å²) in [7, 11) is 0. The van der Waals surface area contributed by atoms with Gasteiger partial charge in [0.1, 0.15) is 0 Å². The average Bonchev–Trinajstić information content (AvgIpc) is 2.50. The van der Waals surface area contributed by atoms with Gasteiger partial charge in [0.15, 0.2) is 0 Å². The molecule has 0 atom stereocenters. The Morgan fingerprint density at radius 3 is 3.00 bits per heavy atom. The number of nitrogens with zero attached hydrogens (tertiary/aromatic N) is 3. The molecule has 0 fully saturated rings. The van der Waals surface area contributed by atoms with Gasteiger partial charge in [0.25, 0.3) is 0 Å². The molecule has 0 aromatic carbocycles. The van der Waals surface area contributed by atoms with E-state index < -0.39 is 0 Å². The molecule has 1 aromatic heterocycles. The van der Waals surface area contributed by atoms with Crippen molar-refractivity contribution < 1.29 is 5.21 Å². The molecule has 1 heterocycles. The Bertz CT molecular complexity index is 264. The SMILES string of the molecule is CCn1cc(C(C)=NO)cn1. The predicted octanol–water partition coefficient (Wildman–Crippen LogP) is 1.10. The highest BCUT2D eigenvalue weighted by Gasteiger charge is 1.99. The second-order valence-electron chi connectivity index (χ2n) is 2.27. The zero-order valence-corrected chi connectivity index (χ0v) is 6.65. The summed E-state index contributed by atoms with van der Waals surface area (Å²) in [6, 6.07) is 0. The van der Waals surface area contributed by atoms with Crippen LogP contribution < -0.4 is 0 Å². The second kappa shape index (κ2) is 3.18. The molecule has 0 saturated heterocycles. The zero-order valence-electron chi connectivity index (χ0n) is 6.65. The zero-order chi connectivity index (χ0) is 8.27. The van der Waals surface area contributed by atoms with Crippen molar-refractivity contribution in [2.75, 3.05) is 0 Å². The van der Waals surface area contributed by atoms with E-state index in [9.17, 15) is 0 Å². The molecule has 1 rings (SSSR count). The third-order valence-corrected chi connectivity index (χ3v) is 1.53. The van der Waals surface area contributed by atoms with E-state index >= 15 is 0 Å². The summed E-state index contributed by atoms with van der Waals surface area (Å²) >= 11 is 0. The van der Waals surface area contributed by atoms with Gasteiger partial charge in [-0.15, -0.1) is 0 Å². The van der Waals surface area contributed by atoms with Crippen molar-refractivity contribution in [1.82, 2.24) is 9.78 Å². The van der Waals surface area contributed by atoms with Crippen molar-refractivity contribution in [3.8, 4) is 0 Å². The van der Waals surface area contributed by atoms with Crippen LogP contribution in [0.5, 0.6) is 0 Å². The average molecular weight is 153 g/mol. The van der Waals surface area contributed by atoms with Crippen LogP contribution in [0.25, 0.3) is 0 Å². The summed E-state index contributed by atoms with van der Waals surface area (Å²) in [5.41, 5.74) is 1.44. The predicted molar refractivity (Wildman–Crippen MR) is 41.9 cm³/mol. The van der Waals surface area contributed by atoms with Crippen LogP contribution in [-0.4, -0.2) is 20.7 Å². The van der Waals surface area contributed by atoms with Crippen molar-refractivity contribution in [1.29, 1.82) is 0 Å². The highest BCUT2D eigenvalue weighted by Crippen LogP contribution is 1.98. The largest absolute Gasteiger partial charge is 0.411 e. The fourth-order valence-electron chi connectivity index (χ4n) is 0.781. The molecule has 0 aliphatic carbocycles. The maximum atomic E-state index is 8.42. The van der Waals surface area contributed by atoms with Gasteiger partial charge in [-0.2, -0.15) is 5.10 Å². The molecular formula is C7H11N3O. The van der Waals surface area contributed by atoms with E-state index in [1.807, 2.05) is 13.1 Å². The molecule has 1 N–H and O–H groups in total. The lowest BCUT2D eigenvalue weighted by molar-refractivity contribution is 0.319. The van der Waals surface area contributed by atoms with E-state index in [-0.39, 0.29) is 0 Å². The summed E-state index contributed by atoms with van der Waals surface area (Å²) in [6.07, 6.45) is 3.52. The van der Waals surface area contributed by atoms with Crippen LogP contribution in [0.1, 0.15) is 19.4 Å². The third-order valence-electron chi connectivity index (χ3n) is 1.53. The standard InChI is InChI=1S/C7H11N3O/c1-3-10-5-7(4-8-10)6(2)9-11/h4-5,11H,3H2,1-2H3. The summed E-state index contributed by atoms with van der Waals surface area (Å²) in [4.78, 5) is 0. The Balaban J connectivity index is 2.89. The van der Waals surface area contributed by atoms with E-state index in [1.165, 1.54) is 0 Å². The monoisotopic (exact) mass is 153 g/mol. The minimum atomic E-state index is 0.588. The highest BCUT2D eigenvalue weighted by molar-refractivity contribution is 5.97. The molecule has 60 valence electrons. The summed E-state index contributed by atoms with van der Waals surface area (Å²) in [5, 5.41) is 15.5. The van der Waals surface area contributed by atoms with E-state index in [2.05, 4.69) is 10.3 Å². The van der Waals surface area contributed by atoms with Crippen LogP contribution in [-0.2, 0) is 6.54 Å². The van der Waals surface area contributed by atoms with Crippen LogP contribution in [0.15, 0.2) is 17.5 Å². The van der Waals surface area contributed by atoms with E-state index in [4.69, 9.17) is 5.21 Å². The first-order chi connectivity index (χ1) is 5.27. The number of hydrogen-bond acceptors (Lipinski definition) is 3. The molecule has 4 nitrogen and oxygen atoms in total. The van der Waals surface area contributed by atoms with Crippen LogP contribution in [0.3, 0.4) is 0 Å². The van der Waals surface area contributed by atoms with Crippen molar-refractivity contribution in [2.45, 2.75) is 20.4 Å². The molecule has 0 saturated carbocycles.